The number of ether oxygens (including phenoxy) is 1. The Morgan fingerprint density at radius 3 is 2.50 bits per heavy atom. The van der Waals surface area contributed by atoms with Gasteiger partial charge in [-0.3, -0.25) is 4.79 Å². The van der Waals surface area contributed by atoms with E-state index in [4.69, 9.17) is 4.74 Å². The van der Waals surface area contributed by atoms with E-state index in [1.807, 2.05) is 0 Å². The highest BCUT2D eigenvalue weighted by Gasteiger charge is 2.39. The average Bonchev–Trinajstić information content (AvgIpc) is 2.33. The summed E-state index contributed by atoms with van der Waals surface area (Å²) >= 11 is 0. The highest BCUT2D eigenvalue weighted by molar-refractivity contribution is 5.77. The molecule has 1 aromatic rings. The summed E-state index contributed by atoms with van der Waals surface area (Å²) in [6.07, 6.45) is 0. The number of hydrogen-bond donors (Lipinski definition) is 1. The Morgan fingerprint density at radius 2 is 2.00 bits per heavy atom. The van der Waals surface area contributed by atoms with Gasteiger partial charge < -0.3 is 10.1 Å². The third kappa shape index (κ3) is 2.67. The molecular formula is C13H17F2NO2. The number of esters is 1. The molecule has 1 unspecified atom stereocenters. The molecule has 0 saturated carbocycles. The minimum absolute atomic E-state index is 0.105. The number of rotatable bonds is 4. The maximum atomic E-state index is 13.7. The number of carbonyl (C=O) groups excluding carboxylic acids is 1. The molecule has 5 heteroatoms. The topological polar surface area (TPSA) is 38.3 Å². The minimum Gasteiger partial charge on any atom is -0.469 e. The molecule has 0 saturated heterocycles. The van der Waals surface area contributed by atoms with Crippen molar-refractivity contribution in [1.29, 1.82) is 0 Å². The van der Waals surface area contributed by atoms with Gasteiger partial charge in [-0.25, -0.2) is 8.78 Å². The molecule has 18 heavy (non-hydrogen) atoms. The second-order valence-electron chi connectivity index (χ2n) is 4.60. The summed E-state index contributed by atoms with van der Waals surface area (Å²) in [4.78, 5) is 11.7. The quantitative estimate of drug-likeness (QED) is 0.842. The fourth-order valence-corrected chi connectivity index (χ4v) is 2.02. The number of benzene rings is 1. The molecule has 0 fully saturated rings. The molecule has 0 aliphatic carbocycles. The molecular weight excluding hydrogens is 240 g/mol. The van der Waals surface area contributed by atoms with Crippen molar-refractivity contribution < 1.29 is 18.3 Å². The average molecular weight is 257 g/mol. The molecule has 1 N–H and O–H groups in total. The van der Waals surface area contributed by atoms with Crippen molar-refractivity contribution in [2.75, 3.05) is 14.2 Å². The molecule has 0 aromatic heterocycles. The van der Waals surface area contributed by atoms with Gasteiger partial charge in [0.25, 0.3) is 0 Å². The second-order valence-corrected chi connectivity index (χ2v) is 4.60. The molecule has 0 aliphatic heterocycles. The van der Waals surface area contributed by atoms with Crippen LogP contribution in [0.15, 0.2) is 18.2 Å². The van der Waals surface area contributed by atoms with Crippen LogP contribution in [0.4, 0.5) is 8.78 Å². The van der Waals surface area contributed by atoms with Gasteiger partial charge in [0.15, 0.2) is 0 Å². The summed E-state index contributed by atoms with van der Waals surface area (Å²) in [5.41, 5.74) is -0.911. The minimum atomic E-state index is -1.02. The van der Waals surface area contributed by atoms with Gasteiger partial charge in [-0.05, 0) is 39.1 Å². The lowest BCUT2D eigenvalue weighted by Crippen LogP contribution is -2.39. The summed E-state index contributed by atoms with van der Waals surface area (Å²) < 4.78 is 31.6. The SMILES string of the molecule is CNC(c1cc(F)ccc1F)C(C)(C)C(=O)OC. The lowest BCUT2D eigenvalue weighted by atomic mass is 9.80. The Kier molecular flexibility index (Phi) is 4.40. The monoisotopic (exact) mass is 257 g/mol. The van der Waals surface area contributed by atoms with Gasteiger partial charge in [-0.2, -0.15) is 0 Å². The van der Waals surface area contributed by atoms with Crippen molar-refractivity contribution >= 4 is 5.97 Å². The summed E-state index contributed by atoms with van der Waals surface area (Å²) in [5, 5.41) is 2.83. The molecule has 0 heterocycles. The van der Waals surface area contributed by atoms with Crippen LogP contribution in [-0.2, 0) is 9.53 Å². The van der Waals surface area contributed by atoms with E-state index in [1.165, 1.54) is 7.11 Å². The van der Waals surface area contributed by atoms with Crippen molar-refractivity contribution in [2.45, 2.75) is 19.9 Å². The molecule has 0 radical (unpaired) electrons. The van der Waals surface area contributed by atoms with Crippen LogP contribution in [0, 0.1) is 17.0 Å². The van der Waals surface area contributed by atoms with E-state index >= 15 is 0 Å². The third-order valence-electron chi connectivity index (χ3n) is 2.99. The predicted octanol–water partition coefficient (Wildman–Crippen LogP) is 2.42. The number of hydrogen-bond acceptors (Lipinski definition) is 3. The summed E-state index contributed by atoms with van der Waals surface area (Å²) in [6, 6.07) is 2.49. The Bertz CT molecular complexity index is 447. The van der Waals surface area contributed by atoms with Crippen LogP contribution in [0.3, 0.4) is 0 Å². The van der Waals surface area contributed by atoms with E-state index in [2.05, 4.69) is 5.32 Å². The van der Waals surface area contributed by atoms with E-state index in [0.717, 1.165) is 18.2 Å². The summed E-state index contributed by atoms with van der Waals surface area (Å²) in [7, 11) is 2.85. The van der Waals surface area contributed by atoms with E-state index in [9.17, 15) is 13.6 Å². The fourth-order valence-electron chi connectivity index (χ4n) is 2.02. The maximum Gasteiger partial charge on any atom is 0.313 e. The first-order chi connectivity index (χ1) is 8.34. The summed E-state index contributed by atoms with van der Waals surface area (Å²) in [6.45, 7) is 3.23. The van der Waals surface area contributed by atoms with Gasteiger partial charge in [0.1, 0.15) is 11.6 Å². The first-order valence-corrected chi connectivity index (χ1v) is 5.55. The molecule has 0 spiro atoms. The standard InChI is InChI=1S/C13H17F2NO2/c1-13(2,12(17)18-4)11(16-3)9-7-8(14)5-6-10(9)15/h5-7,11,16H,1-4H3. The van der Waals surface area contributed by atoms with Gasteiger partial charge in [-0.15, -0.1) is 0 Å². The van der Waals surface area contributed by atoms with Gasteiger partial charge in [0, 0.05) is 5.56 Å². The van der Waals surface area contributed by atoms with Gasteiger partial charge in [0.05, 0.1) is 18.6 Å². The molecule has 0 amide bonds. The van der Waals surface area contributed by atoms with Gasteiger partial charge >= 0.3 is 5.97 Å². The molecule has 1 aromatic carbocycles. The molecule has 3 nitrogen and oxygen atoms in total. The summed E-state index contributed by atoms with van der Waals surface area (Å²) in [5.74, 6) is -1.61. The zero-order valence-electron chi connectivity index (χ0n) is 10.9. The lowest BCUT2D eigenvalue weighted by molar-refractivity contribution is -0.152. The number of nitrogens with one attached hydrogen (secondary N) is 1. The smallest absolute Gasteiger partial charge is 0.313 e. The van der Waals surface area contributed by atoms with Crippen molar-refractivity contribution in [3.05, 3.63) is 35.4 Å². The zero-order chi connectivity index (χ0) is 13.9. The van der Waals surface area contributed by atoms with Crippen LogP contribution in [0.5, 0.6) is 0 Å². The Balaban J connectivity index is 3.25. The number of carbonyl (C=O) groups is 1. The zero-order valence-corrected chi connectivity index (χ0v) is 10.9. The van der Waals surface area contributed by atoms with Crippen molar-refractivity contribution in [1.82, 2.24) is 5.32 Å². The van der Waals surface area contributed by atoms with E-state index in [-0.39, 0.29) is 5.56 Å². The van der Waals surface area contributed by atoms with Crippen LogP contribution in [-0.4, -0.2) is 20.1 Å². The molecule has 0 bridgehead atoms. The lowest BCUT2D eigenvalue weighted by Gasteiger charge is -2.32. The van der Waals surface area contributed by atoms with E-state index in [1.54, 1.807) is 20.9 Å². The maximum absolute atomic E-state index is 13.7. The Morgan fingerprint density at radius 1 is 1.39 bits per heavy atom. The van der Waals surface area contributed by atoms with Crippen LogP contribution in [0.2, 0.25) is 0 Å². The normalized spacial score (nSPS) is 13.2. The fraction of sp³-hybridized carbons (Fsp3) is 0.462. The van der Waals surface area contributed by atoms with Crippen LogP contribution in [0.1, 0.15) is 25.5 Å². The van der Waals surface area contributed by atoms with Gasteiger partial charge in [-0.1, -0.05) is 0 Å². The Labute approximate surface area is 105 Å². The van der Waals surface area contributed by atoms with Crippen molar-refractivity contribution in [3.63, 3.8) is 0 Å². The second kappa shape index (κ2) is 5.44. The van der Waals surface area contributed by atoms with Crippen LogP contribution >= 0.6 is 0 Å². The van der Waals surface area contributed by atoms with Crippen LogP contribution in [0.25, 0.3) is 0 Å². The first-order valence-electron chi connectivity index (χ1n) is 5.55. The Hall–Kier alpha value is -1.49. The molecule has 1 rings (SSSR count). The third-order valence-corrected chi connectivity index (χ3v) is 2.99. The molecule has 1 atom stereocenters. The molecule has 100 valence electrons. The number of halogens is 2. The van der Waals surface area contributed by atoms with E-state index in [0.29, 0.717) is 0 Å². The predicted molar refractivity (Wildman–Crippen MR) is 64.0 cm³/mol. The van der Waals surface area contributed by atoms with E-state index < -0.39 is 29.1 Å². The highest BCUT2D eigenvalue weighted by Crippen LogP contribution is 2.35. The largest absolute Gasteiger partial charge is 0.469 e. The highest BCUT2D eigenvalue weighted by atomic mass is 19.1. The van der Waals surface area contributed by atoms with Gasteiger partial charge in [0.2, 0.25) is 0 Å². The van der Waals surface area contributed by atoms with Crippen LogP contribution < -0.4 is 5.32 Å². The van der Waals surface area contributed by atoms with Crippen molar-refractivity contribution in [3.8, 4) is 0 Å². The number of methoxy groups -OCH3 is 1. The first kappa shape index (κ1) is 14.6. The molecule has 0 aliphatic rings. The van der Waals surface area contributed by atoms with Crippen molar-refractivity contribution in [2.24, 2.45) is 5.41 Å².